The Bertz CT molecular complexity index is 837. The van der Waals surface area contributed by atoms with E-state index in [4.69, 9.17) is 0 Å². The fourth-order valence-corrected chi connectivity index (χ4v) is 5.01. The number of aromatic hydroxyl groups is 1. The number of thioether (sulfide) groups is 1. The number of carbonyl (C=O) groups is 1. The summed E-state index contributed by atoms with van der Waals surface area (Å²) in [7, 11) is 1.91. The molecular formula is C25H35N3O2S2. The fraction of sp³-hybridized carbons (Fsp3) is 0.400. The molecule has 5 nitrogen and oxygen atoms in total. The number of benzene rings is 2. The van der Waals surface area contributed by atoms with Crippen LogP contribution in [-0.4, -0.2) is 41.3 Å². The van der Waals surface area contributed by atoms with Crippen molar-refractivity contribution in [1.29, 1.82) is 0 Å². The van der Waals surface area contributed by atoms with Gasteiger partial charge in [-0.15, -0.1) is 0 Å². The Morgan fingerprint density at radius 3 is 2.44 bits per heavy atom. The van der Waals surface area contributed by atoms with Crippen molar-refractivity contribution < 1.29 is 9.90 Å². The van der Waals surface area contributed by atoms with Crippen LogP contribution in [0.5, 0.6) is 5.75 Å². The van der Waals surface area contributed by atoms with Crippen LogP contribution in [0.15, 0.2) is 58.8 Å². The first-order chi connectivity index (χ1) is 15.6. The lowest BCUT2D eigenvalue weighted by Gasteiger charge is -2.19. The Morgan fingerprint density at radius 2 is 1.88 bits per heavy atom. The molecule has 174 valence electrons. The summed E-state index contributed by atoms with van der Waals surface area (Å²) in [5.74, 6) is 0.295. The molecular weight excluding hydrogens is 438 g/mol. The number of aldehydes is 1. The molecule has 2 aromatic carbocycles. The van der Waals surface area contributed by atoms with Gasteiger partial charge in [0.15, 0.2) is 0 Å². The number of aryl methyl sites for hydroxylation is 1. The quantitative estimate of drug-likeness (QED) is 0.295. The zero-order chi connectivity index (χ0) is 23.2. The van der Waals surface area contributed by atoms with Crippen LogP contribution >= 0.6 is 23.7 Å². The topological polar surface area (TPSA) is 64.6 Å². The number of carbonyl (C=O) groups excluding carboxylic acids is 1. The lowest BCUT2D eigenvalue weighted by molar-refractivity contribution is -0.107. The summed E-state index contributed by atoms with van der Waals surface area (Å²) < 4.78 is 2.42. The van der Waals surface area contributed by atoms with Gasteiger partial charge in [0, 0.05) is 35.7 Å². The molecule has 1 heterocycles. The van der Waals surface area contributed by atoms with Gasteiger partial charge in [0.05, 0.1) is 0 Å². The van der Waals surface area contributed by atoms with Gasteiger partial charge in [-0.2, -0.15) is 0 Å². The largest absolute Gasteiger partial charge is 0.508 e. The molecule has 0 aliphatic carbocycles. The van der Waals surface area contributed by atoms with E-state index < -0.39 is 0 Å². The van der Waals surface area contributed by atoms with Gasteiger partial charge >= 0.3 is 0 Å². The first kappa shape index (κ1) is 26.3. The number of hydrogen-bond donors (Lipinski definition) is 3. The molecule has 0 radical (unpaired) electrons. The number of nitrogens with one attached hydrogen (secondary N) is 2. The van der Waals surface area contributed by atoms with Crippen molar-refractivity contribution in [2.75, 3.05) is 20.1 Å². The van der Waals surface area contributed by atoms with E-state index >= 15 is 0 Å². The number of phenols is 1. The van der Waals surface area contributed by atoms with Gasteiger partial charge < -0.3 is 15.2 Å². The Morgan fingerprint density at radius 1 is 1.16 bits per heavy atom. The van der Waals surface area contributed by atoms with E-state index in [-0.39, 0.29) is 5.50 Å². The minimum Gasteiger partial charge on any atom is -0.508 e. The molecule has 0 spiro atoms. The molecule has 1 unspecified atom stereocenters. The van der Waals surface area contributed by atoms with E-state index in [1.807, 2.05) is 31.1 Å². The van der Waals surface area contributed by atoms with Crippen molar-refractivity contribution in [3.05, 3.63) is 65.1 Å². The third kappa shape index (κ3) is 9.28. The van der Waals surface area contributed by atoms with Crippen LogP contribution in [0.4, 0.5) is 0 Å². The van der Waals surface area contributed by atoms with Crippen LogP contribution in [0.3, 0.4) is 0 Å². The van der Waals surface area contributed by atoms with Crippen molar-refractivity contribution in [3.63, 3.8) is 0 Å². The second kappa shape index (κ2) is 15.0. The van der Waals surface area contributed by atoms with Crippen LogP contribution < -0.4 is 10.6 Å². The first-order valence-corrected chi connectivity index (χ1v) is 12.9. The lowest BCUT2D eigenvalue weighted by atomic mass is 10.1. The predicted molar refractivity (Wildman–Crippen MR) is 138 cm³/mol. The maximum Gasteiger partial charge on any atom is 0.129 e. The molecule has 1 atom stereocenters. The summed E-state index contributed by atoms with van der Waals surface area (Å²) in [6.45, 7) is 6.69. The average molecular weight is 474 g/mol. The maximum atomic E-state index is 10.3. The molecule has 32 heavy (non-hydrogen) atoms. The summed E-state index contributed by atoms with van der Waals surface area (Å²) in [6, 6.07) is 15.8. The number of phenolic OH excluding ortho intramolecular Hbond substituents is 1. The molecule has 2 aromatic rings. The normalized spacial score (nSPS) is 15.0. The molecule has 1 aliphatic rings. The highest BCUT2D eigenvalue weighted by molar-refractivity contribution is 8.03. The SMILES string of the molecule is CCCN(CCC)Sc1ccc(CCC=O)cc1.CNC1NC(c2cccc(O)c2)=CS1. The monoisotopic (exact) mass is 473 g/mol. The summed E-state index contributed by atoms with van der Waals surface area (Å²) in [4.78, 5) is 11.6. The van der Waals surface area contributed by atoms with Gasteiger partial charge in [0.25, 0.3) is 0 Å². The van der Waals surface area contributed by atoms with E-state index in [0.717, 1.165) is 37.1 Å². The van der Waals surface area contributed by atoms with Crippen molar-refractivity contribution in [3.8, 4) is 5.75 Å². The Hall–Kier alpha value is -1.93. The Balaban J connectivity index is 0.000000233. The Kier molecular flexibility index (Phi) is 12.3. The minimum absolute atomic E-state index is 0.229. The molecule has 3 N–H and O–H groups in total. The highest BCUT2D eigenvalue weighted by Crippen LogP contribution is 2.27. The first-order valence-electron chi connectivity index (χ1n) is 11.1. The predicted octanol–water partition coefficient (Wildman–Crippen LogP) is 5.48. The van der Waals surface area contributed by atoms with Crippen LogP contribution in [0.2, 0.25) is 0 Å². The van der Waals surface area contributed by atoms with E-state index in [9.17, 15) is 9.90 Å². The highest BCUT2D eigenvalue weighted by atomic mass is 32.2. The summed E-state index contributed by atoms with van der Waals surface area (Å²) >= 11 is 3.52. The van der Waals surface area contributed by atoms with Crippen molar-refractivity contribution in [2.45, 2.75) is 49.9 Å². The third-order valence-electron chi connectivity index (χ3n) is 4.68. The van der Waals surface area contributed by atoms with E-state index in [1.165, 1.54) is 23.3 Å². The molecule has 0 amide bonds. The highest BCUT2D eigenvalue weighted by Gasteiger charge is 2.15. The van der Waals surface area contributed by atoms with Gasteiger partial charge in [-0.05, 0) is 73.5 Å². The van der Waals surface area contributed by atoms with E-state index in [2.05, 4.69) is 58.5 Å². The zero-order valence-electron chi connectivity index (χ0n) is 19.2. The van der Waals surface area contributed by atoms with Crippen LogP contribution in [0.25, 0.3) is 5.70 Å². The lowest BCUT2D eigenvalue weighted by Crippen LogP contribution is -2.32. The van der Waals surface area contributed by atoms with Crippen molar-refractivity contribution >= 4 is 35.7 Å². The van der Waals surface area contributed by atoms with Gasteiger partial charge in [-0.3, -0.25) is 5.32 Å². The summed E-state index contributed by atoms with van der Waals surface area (Å²) in [5, 5.41) is 17.8. The smallest absolute Gasteiger partial charge is 0.129 e. The Labute approximate surface area is 201 Å². The van der Waals surface area contributed by atoms with Gasteiger partial charge in [0.2, 0.25) is 0 Å². The zero-order valence-corrected chi connectivity index (χ0v) is 20.8. The number of nitrogens with zero attached hydrogens (tertiary/aromatic N) is 1. The van der Waals surface area contributed by atoms with E-state index in [0.29, 0.717) is 12.2 Å². The van der Waals surface area contributed by atoms with Gasteiger partial charge in [-0.1, -0.05) is 49.9 Å². The van der Waals surface area contributed by atoms with Gasteiger partial charge in [-0.25, -0.2) is 4.31 Å². The van der Waals surface area contributed by atoms with Crippen LogP contribution in [0.1, 0.15) is 44.2 Å². The molecule has 1 aliphatic heterocycles. The minimum atomic E-state index is 0.229. The number of hydrogen-bond acceptors (Lipinski definition) is 7. The average Bonchev–Trinajstić information content (AvgIpc) is 3.29. The van der Waals surface area contributed by atoms with Crippen molar-refractivity contribution in [2.24, 2.45) is 0 Å². The molecule has 7 heteroatoms. The molecule has 0 aromatic heterocycles. The fourth-order valence-electron chi connectivity index (χ4n) is 3.10. The summed E-state index contributed by atoms with van der Waals surface area (Å²) in [6.07, 6.45) is 4.81. The molecule has 0 fully saturated rings. The second-order valence-electron chi connectivity index (χ2n) is 7.40. The molecule has 0 bridgehead atoms. The van der Waals surface area contributed by atoms with Gasteiger partial charge in [0.1, 0.15) is 17.5 Å². The van der Waals surface area contributed by atoms with E-state index in [1.54, 1.807) is 23.9 Å². The number of rotatable bonds is 11. The van der Waals surface area contributed by atoms with Crippen molar-refractivity contribution in [1.82, 2.24) is 14.9 Å². The van der Waals surface area contributed by atoms with Crippen LogP contribution in [0, 0.1) is 0 Å². The summed E-state index contributed by atoms with van der Waals surface area (Å²) in [5.41, 5.74) is 3.52. The second-order valence-corrected chi connectivity index (χ2v) is 9.55. The third-order valence-corrected chi connectivity index (χ3v) is 6.79. The molecule has 3 rings (SSSR count). The maximum absolute atomic E-state index is 10.3. The molecule has 0 saturated heterocycles. The van der Waals surface area contributed by atoms with Crippen LogP contribution in [-0.2, 0) is 11.2 Å². The molecule has 0 saturated carbocycles. The standard InChI is InChI=1S/C15H23NOS.C10H12N2OS/c1-3-11-16(12-4-2)18-15-9-7-14(8-10-15)6-5-13-17;1-11-10-12-9(6-14-10)7-3-2-4-8(13)5-7/h7-10,13H,3-6,11-12H2,1-2H3;2-6,10-13H,1H3.